The molecule has 1 aliphatic heterocycles. The van der Waals surface area contributed by atoms with Gasteiger partial charge < -0.3 is 9.64 Å². The summed E-state index contributed by atoms with van der Waals surface area (Å²) in [7, 11) is 1.80. The van der Waals surface area contributed by atoms with E-state index in [0.29, 0.717) is 0 Å². The Morgan fingerprint density at radius 1 is 1.29 bits per heavy atom. The molecular formula is C11H22ClNO. The largest absolute Gasteiger partial charge is 0.384 e. The number of likely N-dealkylation sites (tertiary alicyclic amines) is 1. The van der Waals surface area contributed by atoms with Crippen molar-refractivity contribution in [2.24, 2.45) is 5.92 Å². The van der Waals surface area contributed by atoms with E-state index in [-0.39, 0.29) is 0 Å². The highest BCUT2D eigenvalue weighted by Crippen LogP contribution is 2.17. The van der Waals surface area contributed by atoms with Crippen LogP contribution < -0.4 is 0 Å². The molecule has 84 valence electrons. The number of rotatable bonds is 6. The van der Waals surface area contributed by atoms with Crippen LogP contribution in [0.4, 0.5) is 0 Å². The fourth-order valence-corrected chi connectivity index (χ4v) is 2.23. The molecule has 1 saturated heterocycles. The monoisotopic (exact) mass is 219 g/mol. The first-order valence-electron chi connectivity index (χ1n) is 5.64. The van der Waals surface area contributed by atoms with Crippen molar-refractivity contribution in [2.45, 2.75) is 25.7 Å². The molecule has 0 spiro atoms. The van der Waals surface area contributed by atoms with Crippen LogP contribution >= 0.6 is 11.6 Å². The maximum absolute atomic E-state index is 5.65. The second-order valence-corrected chi connectivity index (χ2v) is 4.51. The first-order valence-corrected chi connectivity index (χ1v) is 6.17. The van der Waals surface area contributed by atoms with E-state index < -0.39 is 0 Å². The zero-order valence-corrected chi connectivity index (χ0v) is 9.93. The maximum Gasteiger partial charge on any atom is 0.0491 e. The first-order chi connectivity index (χ1) is 6.86. The van der Waals surface area contributed by atoms with Crippen LogP contribution in [0.5, 0.6) is 0 Å². The Balaban J connectivity index is 2.03. The van der Waals surface area contributed by atoms with Gasteiger partial charge in [0.2, 0.25) is 0 Å². The molecule has 1 rings (SSSR count). The highest BCUT2D eigenvalue weighted by molar-refractivity contribution is 6.17. The third-order valence-electron chi connectivity index (χ3n) is 2.97. The Kier molecular flexibility index (Phi) is 6.57. The Hall–Kier alpha value is 0.210. The fraction of sp³-hybridized carbons (Fsp3) is 1.00. The molecule has 0 atom stereocenters. The Bertz CT molecular complexity index is 135. The number of ether oxygens (including phenoxy) is 1. The van der Waals surface area contributed by atoms with Gasteiger partial charge in [-0.05, 0) is 51.2 Å². The summed E-state index contributed by atoms with van der Waals surface area (Å²) >= 11 is 5.65. The standard InChI is InChI=1S/C11H22ClNO/c1-14-10-11-4-8-13(9-5-11)7-3-2-6-12/h11H,2-10H2,1H3. The number of methoxy groups -OCH3 is 1. The SMILES string of the molecule is COCC1CCN(CCCCCl)CC1. The van der Waals surface area contributed by atoms with Crippen molar-refractivity contribution < 1.29 is 4.74 Å². The molecule has 0 aromatic rings. The van der Waals surface area contributed by atoms with E-state index >= 15 is 0 Å². The summed E-state index contributed by atoms with van der Waals surface area (Å²) in [6.07, 6.45) is 5.00. The highest BCUT2D eigenvalue weighted by Gasteiger charge is 2.18. The molecule has 1 aliphatic rings. The van der Waals surface area contributed by atoms with Gasteiger partial charge in [-0.3, -0.25) is 0 Å². The summed E-state index contributed by atoms with van der Waals surface area (Å²) in [6, 6.07) is 0. The van der Waals surface area contributed by atoms with Gasteiger partial charge in [0.15, 0.2) is 0 Å². The number of halogens is 1. The van der Waals surface area contributed by atoms with Crippen LogP contribution in [0, 0.1) is 5.92 Å². The van der Waals surface area contributed by atoms with Gasteiger partial charge >= 0.3 is 0 Å². The van der Waals surface area contributed by atoms with E-state index in [4.69, 9.17) is 16.3 Å². The summed E-state index contributed by atoms with van der Waals surface area (Å²) in [6.45, 7) is 4.66. The predicted molar refractivity (Wildman–Crippen MR) is 61.0 cm³/mol. The van der Waals surface area contributed by atoms with Gasteiger partial charge in [0.05, 0.1) is 0 Å². The number of nitrogens with zero attached hydrogens (tertiary/aromatic N) is 1. The van der Waals surface area contributed by atoms with Crippen molar-refractivity contribution >= 4 is 11.6 Å². The lowest BCUT2D eigenvalue weighted by Crippen LogP contribution is -2.35. The van der Waals surface area contributed by atoms with Gasteiger partial charge in [-0.15, -0.1) is 11.6 Å². The molecule has 0 N–H and O–H groups in total. The van der Waals surface area contributed by atoms with Gasteiger partial charge in [0, 0.05) is 19.6 Å². The Morgan fingerprint density at radius 2 is 2.00 bits per heavy atom. The molecule has 14 heavy (non-hydrogen) atoms. The highest BCUT2D eigenvalue weighted by atomic mass is 35.5. The van der Waals surface area contributed by atoms with E-state index in [9.17, 15) is 0 Å². The molecule has 0 bridgehead atoms. The van der Waals surface area contributed by atoms with Crippen LogP contribution in [0.3, 0.4) is 0 Å². The summed E-state index contributed by atoms with van der Waals surface area (Å²) in [4.78, 5) is 2.55. The van der Waals surface area contributed by atoms with Gasteiger partial charge in [-0.25, -0.2) is 0 Å². The van der Waals surface area contributed by atoms with Crippen molar-refractivity contribution in [1.29, 1.82) is 0 Å². The van der Waals surface area contributed by atoms with Crippen LogP contribution in [-0.2, 0) is 4.74 Å². The lowest BCUT2D eigenvalue weighted by Gasteiger charge is -2.31. The third kappa shape index (κ3) is 4.63. The Morgan fingerprint density at radius 3 is 2.57 bits per heavy atom. The van der Waals surface area contributed by atoms with Gasteiger partial charge in [-0.2, -0.15) is 0 Å². The van der Waals surface area contributed by atoms with Crippen molar-refractivity contribution in [3.63, 3.8) is 0 Å². The van der Waals surface area contributed by atoms with Crippen LogP contribution in [0.2, 0.25) is 0 Å². The molecule has 3 heteroatoms. The molecule has 2 nitrogen and oxygen atoms in total. The summed E-state index contributed by atoms with van der Waals surface area (Å²) < 4.78 is 5.18. The van der Waals surface area contributed by atoms with E-state index in [1.54, 1.807) is 7.11 Å². The minimum absolute atomic E-state index is 0.796. The third-order valence-corrected chi connectivity index (χ3v) is 3.23. The zero-order valence-electron chi connectivity index (χ0n) is 9.17. The summed E-state index contributed by atoms with van der Waals surface area (Å²) in [5.74, 6) is 1.60. The van der Waals surface area contributed by atoms with Crippen LogP contribution in [0.1, 0.15) is 25.7 Å². The predicted octanol–water partition coefficient (Wildman–Crippen LogP) is 2.36. The molecule has 0 aromatic carbocycles. The molecule has 1 heterocycles. The second-order valence-electron chi connectivity index (χ2n) is 4.14. The normalized spacial score (nSPS) is 20.1. The molecular weight excluding hydrogens is 198 g/mol. The number of piperidine rings is 1. The van der Waals surface area contributed by atoms with Crippen LogP contribution in [0.25, 0.3) is 0 Å². The topological polar surface area (TPSA) is 12.5 Å². The molecule has 0 unspecified atom stereocenters. The lowest BCUT2D eigenvalue weighted by atomic mass is 9.98. The molecule has 0 radical (unpaired) electrons. The van der Waals surface area contributed by atoms with Gasteiger partial charge in [0.1, 0.15) is 0 Å². The van der Waals surface area contributed by atoms with Crippen molar-refractivity contribution in [1.82, 2.24) is 4.90 Å². The van der Waals surface area contributed by atoms with Crippen molar-refractivity contribution in [3.8, 4) is 0 Å². The number of hydrogen-bond acceptors (Lipinski definition) is 2. The summed E-state index contributed by atoms with van der Waals surface area (Å²) in [5.41, 5.74) is 0. The van der Waals surface area contributed by atoms with Crippen molar-refractivity contribution in [3.05, 3.63) is 0 Å². The van der Waals surface area contributed by atoms with E-state index in [0.717, 1.165) is 24.8 Å². The van der Waals surface area contributed by atoms with Gasteiger partial charge in [0.25, 0.3) is 0 Å². The van der Waals surface area contributed by atoms with Crippen molar-refractivity contribution in [2.75, 3.05) is 39.2 Å². The van der Waals surface area contributed by atoms with Gasteiger partial charge in [-0.1, -0.05) is 0 Å². The maximum atomic E-state index is 5.65. The lowest BCUT2D eigenvalue weighted by molar-refractivity contribution is 0.0990. The van der Waals surface area contributed by atoms with E-state index in [1.165, 1.54) is 38.9 Å². The average Bonchev–Trinajstić information content (AvgIpc) is 2.21. The smallest absolute Gasteiger partial charge is 0.0491 e. The van der Waals surface area contributed by atoms with Crippen LogP contribution in [-0.4, -0.2) is 44.1 Å². The number of hydrogen-bond donors (Lipinski definition) is 0. The second kappa shape index (κ2) is 7.49. The fourth-order valence-electron chi connectivity index (χ4n) is 2.04. The summed E-state index contributed by atoms with van der Waals surface area (Å²) in [5, 5.41) is 0. The average molecular weight is 220 g/mol. The number of unbranched alkanes of at least 4 members (excludes halogenated alkanes) is 1. The first kappa shape index (κ1) is 12.3. The minimum Gasteiger partial charge on any atom is -0.384 e. The molecule has 0 saturated carbocycles. The molecule has 0 amide bonds. The van der Waals surface area contributed by atoms with E-state index in [1.807, 2.05) is 0 Å². The quantitative estimate of drug-likeness (QED) is 0.503. The molecule has 0 aliphatic carbocycles. The van der Waals surface area contributed by atoms with E-state index in [2.05, 4.69) is 4.90 Å². The molecule has 1 fully saturated rings. The Labute approximate surface area is 92.6 Å². The number of alkyl halides is 1. The molecule has 0 aromatic heterocycles. The van der Waals surface area contributed by atoms with Crippen LogP contribution in [0.15, 0.2) is 0 Å². The zero-order chi connectivity index (χ0) is 10.2. The minimum atomic E-state index is 0.796.